The first kappa shape index (κ1) is 15.2. The highest BCUT2D eigenvalue weighted by Crippen LogP contribution is 2.33. The summed E-state index contributed by atoms with van der Waals surface area (Å²) >= 11 is 5.64. The van der Waals surface area contributed by atoms with E-state index in [1.165, 1.54) is 18.4 Å². The number of benzene rings is 1. The number of alkyl halides is 3. The number of carboxylic acid groups (broad SMARTS) is 1. The number of rotatable bonds is 4. The van der Waals surface area contributed by atoms with Gasteiger partial charge in [-0.05, 0) is 24.3 Å². The lowest BCUT2D eigenvalue weighted by molar-refractivity contribution is -0.137. The zero-order chi connectivity index (χ0) is 15.6. The molecule has 2 aromatic rings. The summed E-state index contributed by atoms with van der Waals surface area (Å²) in [5.41, 5.74) is -0.835. The summed E-state index contributed by atoms with van der Waals surface area (Å²) in [5.74, 6) is -1.07. The Morgan fingerprint density at radius 3 is 2.67 bits per heavy atom. The van der Waals surface area contributed by atoms with Crippen LogP contribution in [0.2, 0.25) is 5.02 Å². The highest BCUT2D eigenvalue weighted by molar-refractivity contribution is 6.30. The molecule has 0 aliphatic carbocycles. The van der Waals surface area contributed by atoms with Gasteiger partial charge >= 0.3 is 12.1 Å². The summed E-state index contributed by atoms with van der Waals surface area (Å²) in [6.07, 6.45) is -3.32. The molecular weight excluding hydrogens is 311 g/mol. The summed E-state index contributed by atoms with van der Waals surface area (Å²) in [4.78, 5) is 10.9. The lowest BCUT2D eigenvalue weighted by Gasteiger charge is -2.11. The molecule has 0 aliphatic heterocycles. The van der Waals surface area contributed by atoms with Crippen LogP contribution in [0.5, 0.6) is 0 Å². The lowest BCUT2D eigenvalue weighted by Crippen LogP contribution is -2.08. The van der Waals surface area contributed by atoms with Gasteiger partial charge < -0.3 is 14.8 Å². The smallest absolute Gasteiger partial charge is 0.416 e. The summed E-state index contributed by atoms with van der Waals surface area (Å²) < 4.78 is 42.9. The minimum Gasteiger partial charge on any atom is -0.478 e. The molecule has 112 valence electrons. The highest BCUT2D eigenvalue weighted by atomic mass is 35.5. The van der Waals surface area contributed by atoms with Gasteiger partial charge in [0.2, 0.25) is 0 Å². The number of aromatic carboxylic acids is 1. The molecule has 8 heteroatoms. The zero-order valence-corrected chi connectivity index (χ0v) is 11.1. The van der Waals surface area contributed by atoms with E-state index in [9.17, 15) is 18.0 Å². The van der Waals surface area contributed by atoms with Gasteiger partial charge in [-0.3, -0.25) is 0 Å². The van der Waals surface area contributed by atoms with Crippen LogP contribution in [-0.2, 0) is 12.7 Å². The molecule has 0 unspecified atom stereocenters. The van der Waals surface area contributed by atoms with E-state index in [0.29, 0.717) is 0 Å². The van der Waals surface area contributed by atoms with Crippen LogP contribution in [0.4, 0.5) is 18.9 Å². The van der Waals surface area contributed by atoms with Crippen molar-refractivity contribution in [1.29, 1.82) is 0 Å². The van der Waals surface area contributed by atoms with Gasteiger partial charge in [0.25, 0.3) is 0 Å². The van der Waals surface area contributed by atoms with E-state index in [1.54, 1.807) is 0 Å². The molecule has 21 heavy (non-hydrogen) atoms. The van der Waals surface area contributed by atoms with E-state index >= 15 is 0 Å². The van der Waals surface area contributed by atoms with E-state index in [4.69, 9.17) is 21.1 Å². The largest absolute Gasteiger partial charge is 0.478 e. The Bertz CT molecular complexity index is 667. The molecule has 0 spiro atoms. The molecule has 4 nitrogen and oxygen atoms in total. The number of furan rings is 1. The average molecular weight is 320 g/mol. The van der Waals surface area contributed by atoms with Crippen molar-refractivity contribution in [3.63, 3.8) is 0 Å². The number of nitrogens with one attached hydrogen (secondary N) is 1. The van der Waals surface area contributed by atoms with Gasteiger partial charge in [-0.25, -0.2) is 4.79 Å². The van der Waals surface area contributed by atoms with Crippen molar-refractivity contribution < 1.29 is 27.5 Å². The maximum atomic E-state index is 12.6. The number of halogens is 4. The molecule has 0 radical (unpaired) electrons. The number of hydrogen-bond acceptors (Lipinski definition) is 3. The van der Waals surface area contributed by atoms with Gasteiger partial charge in [-0.15, -0.1) is 0 Å². The van der Waals surface area contributed by atoms with Crippen LogP contribution in [-0.4, -0.2) is 11.1 Å². The first-order chi connectivity index (χ1) is 9.77. The molecule has 0 aliphatic rings. The molecule has 0 saturated carbocycles. The lowest BCUT2D eigenvalue weighted by atomic mass is 10.2. The van der Waals surface area contributed by atoms with Crippen LogP contribution in [0.1, 0.15) is 21.7 Å². The molecule has 0 fully saturated rings. The molecule has 1 aromatic carbocycles. The van der Waals surface area contributed by atoms with Crippen molar-refractivity contribution in [3.8, 4) is 0 Å². The van der Waals surface area contributed by atoms with Gasteiger partial charge in [-0.1, -0.05) is 11.6 Å². The maximum absolute atomic E-state index is 12.6. The molecule has 0 bridgehead atoms. The number of carboxylic acids is 1. The molecule has 0 atom stereocenters. The maximum Gasteiger partial charge on any atom is 0.416 e. The number of carbonyl (C=O) groups is 1. The zero-order valence-electron chi connectivity index (χ0n) is 10.4. The monoisotopic (exact) mass is 319 g/mol. The minimum atomic E-state index is -4.52. The van der Waals surface area contributed by atoms with Crippen molar-refractivity contribution in [2.24, 2.45) is 0 Å². The average Bonchev–Trinajstić information content (AvgIpc) is 2.83. The third-order valence-corrected chi connectivity index (χ3v) is 2.87. The van der Waals surface area contributed by atoms with Gasteiger partial charge in [0.15, 0.2) is 0 Å². The van der Waals surface area contributed by atoms with Crippen LogP contribution in [0.25, 0.3) is 0 Å². The van der Waals surface area contributed by atoms with Crippen LogP contribution in [0.3, 0.4) is 0 Å². The van der Waals surface area contributed by atoms with Crippen LogP contribution >= 0.6 is 11.6 Å². The van der Waals surface area contributed by atoms with E-state index in [2.05, 4.69) is 5.32 Å². The topological polar surface area (TPSA) is 62.5 Å². The predicted molar refractivity (Wildman–Crippen MR) is 69.4 cm³/mol. The first-order valence-electron chi connectivity index (χ1n) is 5.68. The summed E-state index contributed by atoms with van der Waals surface area (Å²) in [5, 5.41) is 11.5. The Kier molecular flexibility index (Phi) is 4.13. The Morgan fingerprint density at radius 1 is 1.33 bits per heavy atom. The highest BCUT2D eigenvalue weighted by Gasteiger charge is 2.31. The van der Waals surface area contributed by atoms with E-state index in [-0.39, 0.29) is 28.6 Å². The quantitative estimate of drug-likeness (QED) is 0.883. The fourth-order valence-electron chi connectivity index (χ4n) is 1.71. The van der Waals surface area contributed by atoms with Gasteiger partial charge in [0.05, 0.1) is 18.4 Å². The molecule has 0 saturated heterocycles. The Labute approximate surface area is 122 Å². The Hall–Kier alpha value is -2.15. The van der Waals surface area contributed by atoms with Crippen LogP contribution in [0.15, 0.2) is 34.9 Å². The summed E-state index contributed by atoms with van der Waals surface area (Å²) in [6.45, 7) is -0.0771. The second-order valence-electron chi connectivity index (χ2n) is 4.14. The standard InChI is InChI=1S/C13H9ClF3NO3/c14-8-3-7(13(15,16)17)4-9(5-8)18-6-11-10(12(19)20)1-2-21-11/h1-5,18H,6H2,(H,19,20). The predicted octanol–water partition coefficient (Wildman–Crippen LogP) is 4.26. The third-order valence-electron chi connectivity index (χ3n) is 2.65. The summed E-state index contributed by atoms with van der Waals surface area (Å²) in [7, 11) is 0. The molecule has 1 heterocycles. The van der Waals surface area contributed by atoms with Crippen molar-refractivity contribution in [3.05, 3.63) is 52.4 Å². The van der Waals surface area contributed by atoms with Crippen molar-refractivity contribution in [2.75, 3.05) is 5.32 Å². The molecule has 0 amide bonds. The van der Waals surface area contributed by atoms with Gasteiger partial charge in [0.1, 0.15) is 11.3 Å². The molecule has 1 aromatic heterocycles. The fourth-order valence-corrected chi connectivity index (χ4v) is 1.94. The SMILES string of the molecule is O=C(O)c1ccoc1CNc1cc(Cl)cc(C(F)(F)F)c1. The Balaban J connectivity index is 2.19. The van der Waals surface area contributed by atoms with Gasteiger partial charge in [0, 0.05) is 10.7 Å². The van der Waals surface area contributed by atoms with Crippen LogP contribution in [0, 0.1) is 0 Å². The fraction of sp³-hybridized carbons (Fsp3) is 0.154. The summed E-state index contributed by atoms with van der Waals surface area (Å²) in [6, 6.07) is 4.26. The number of hydrogen-bond donors (Lipinski definition) is 2. The van der Waals surface area contributed by atoms with Crippen LogP contribution < -0.4 is 5.32 Å². The molecule has 2 N–H and O–H groups in total. The van der Waals surface area contributed by atoms with Crippen molar-refractivity contribution in [1.82, 2.24) is 0 Å². The molecular formula is C13H9ClF3NO3. The first-order valence-corrected chi connectivity index (χ1v) is 6.06. The second-order valence-corrected chi connectivity index (χ2v) is 4.58. The van der Waals surface area contributed by atoms with E-state index in [1.807, 2.05) is 0 Å². The Morgan fingerprint density at radius 2 is 2.05 bits per heavy atom. The number of anilines is 1. The molecule has 2 rings (SSSR count). The van der Waals surface area contributed by atoms with Crippen molar-refractivity contribution >= 4 is 23.3 Å². The van der Waals surface area contributed by atoms with Gasteiger partial charge in [-0.2, -0.15) is 13.2 Å². The third kappa shape index (κ3) is 3.69. The normalized spacial score (nSPS) is 11.4. The second kappa shape index (κ2) is 5.69. The minimum absolute atomic E-state index is 0.0550. The van der Waals surface area contributed by atoms with E-state index in [0.717, 1.165) is 12.1 Å². The van der Waals surface area contributed by atoms with E-state index < -0.39 is 17.7 Å². The van der Waals surface area contributed by atoms with Crippen molar-refractivity contribution in [2.45, 2.75) is 12.7 Å².